The van der Waals surface area contributed by atoms with Gasteiger partial charge in [0.2, 0.25) is 41.4 Å². The number of hydrogen-bond donors (Lipinski definition) is 5. The van der Waals surface area contributed by atoms with Gasteiger partial charge in [0.05, 0.1) is 112 Å². The fraction of sp³-hybridized carbons (Fsp3) is 0.763. The molecule has 0 bridgehead atoms. The average molecular weight is 1320 g/mol. The molecule has 1 aromatic carbocycles. The zero-order valence-electron chi connectivity index (χ0n) is 51.7. The second-order valence-corrected chi connectivity index (χ2v) is 23.1. The quantitative estimate of drug-likeness (QED) is 0.0461. The average Bonchev–Trinajstić information content (AvgIpc) is 4.18. The Balaban J connectivity index is 1.88. The SMILES string of the molecule is CCC(C)C(C(CC(=O)N1CCCC1C(OC)C(C)C(=O)NC(C)C(O)c1ccccc1)OC)N(C)C(=O)C(NC(=O)C(C(C)C)N(C)C(=O)COCCOCCOCCOCCNC(=O)COC(CCC(=O)CBr)CNC(=O)CBr)C(C)C. The summed E-state index contributed by atoms with van der Waals surface area (Å²) in [4.78, 5) is 111. The van der Waals surface area contributed by atoms with Gasteiger partial charge in [-0.2, -0.15) is 0 Å². The van der Waals surface area contributed by atoms with E-state index in [0.29, 0.717) is 44.4 Å². The number of ether oxygens (including phenoxy) is 7. The second kappa shape index (κ2) is 41.8. The lowest BCUT2D eigenvalue weighted by atomic mass is 9.89. The highest BCUT2D eigenvalue weighted by atomic mass is 79.9. The highest BCUT2D eigenvalue weighted by Gasteiger charge is 2.44. The third-order valence-corrected chi connectivity index (χ3v) is 16.2. The lowest BCUT2D eigenvalue weighted by Crippen LogP contribution is -2.60. The smallest absolute Gasteiger partial charge is 0.249 e. The molecule has 7 amide bonds. The number of carbonyl (C=O) groups is 8. The Labute approximate surface area is 515 Å². The molecule has 1 saturated heterocycles. The van der Waals surface area contributed by atoms with E-state index in [9.17, 15) is 43.5 Å². The van der Waals surface area contributed by atoms with Gasteiger partial charge in [0, 0.05) is 54.4 Å². The lowest BCUT2D eigenvalue weighted by Gasteiger charge is -2.41. The largest absolute Gasteiger partial charge is 0.386 e. The minimum absolute atomic E-state index is 0.00817. The molecule has 480 valence electrons. The Bertz CT molecular complexity index is 2110. The molecule has 25 heteroatoms. The molecule has 1 aliphatic heterocycles. The third kappa shape index (κ3) is 26.4. The molecule has 11 unspecified atom stereocenters. The summed E-state index contributed by atoms with van der Waals surface area (Å²) in [5.74, 6) is -3.91. The molecule has 5 N–H and O–H groups in total. The van der Waals surface area contributed by atoms with Gasteiger partial charge in [-0.25, -0.2) is 0 Å². The first-order valence-electron chi connectivity index (χ1n) is 29.3. The molecule has 0 aliphatic carbocycles. The van der Waals surface area contributed by atoms with Gasteiger partial charge in [0.1, 0.15) is 31.1 Å². The Kier molecular flexibility index (Phi) is 37.8. The van der Waals surface area contributed by atoms with Gasteiger partial charge in [-0.15, -0.1) is 0 Å². The maximum atomic E-state index is 14.7. The van der Waals surface area contributed by atoms with E-state index in [1.807, 2.05) is 59.7 Å². The van der Waals surface area contributed by atoms with Crippen molar-refractivity contribution in [1.82, 2.24) is 36.0 Å². The van der Waals surface area contributed by atoms with Gasteiger partial charge in [-0.3, -0.25) is 38.4 Å². The number of likely N-dealkylation sites (tertiary alicyclic amines) is 1. The van der Waals surface area contributed by atoms with Crippen LogP contribution >= 0.6 is 31.9 Å². The summed E-state index contributed by atoms with van der Waals surface area (Å²) in [6.07, 6.45) is -0.265. The number of halogens is 2. The Hall–Kier alpha value is -4.18. The van der Waals surface area contributed by atoms with E-state index in [4.69, 9.17) is 33.2 Å². The molecule has 0 saturated carbocycles. The van der Waals surface area contributed by atoms with Crippen LogP contribution in [-0.2, 0) is 71.5 Å². The lowest BCUT2D eigenvalue weighted by molar-refractivity contribution is -0.149. The van der Waals surface area contributed by atoms with E-state index >= 15 is 0 Å². The number of nitrogens with one attached hydrogen (secondary N) is 4. The molecule has 1 heterocycles. The number of benzene rings is 1. The van der Waals surface area contributed by atoms with Crippen molar-refractivity contribution in [1.29, 1.82) is 0 Å². The molecule has 1 fully saturated rings. The molecule has 2 rings (SSSR count). The molecule has 84 heavy (non-hydrogen) atoms. The number of hydrogen-bond acceptors (Lipinski definition) is 16. The summed E-state index contributed by atoms with van der Waals surface area (Å²) in [6, 6.07) is 5.60. The number of amides is 7. The van der Waals surface area contributed by atoms with Crippen LogP contribution in [0.25, 0.3) is 0 Å². The monoisotopic (exact) mass is 1320 g/mol. The molecule has 1 aromatic rings. The number of alkyl halides is 2. The topological polar surface area (TPSA) is 279 Å². The van der Waals surface area contributed by atoms with Gasteiger partial charge < -0.3 is 74.2 Å². The number of aliphatic hydroxyl groups excluding tert-OH is 1. The summed E-state index contributed by atoms with van der Waals surface area (Å²) in [7, 11) is 6.23. The van der Waals surface area contributed by atoms with Crippen molar-refractivity contribution >= 4 is 79.0 Å². The van der Waals surface area contributed by atoms with E-state index in [1.165, 1.54) is 26.2 Å². The van der Waals surface area contributed by atoms with Crippen molar-refractivity contribution in [3.8, 4) is 0 Å². The van der Waals surface area contributed by atoms with Crippen LogP contribution < -0.4 is 21.3 Å². The molecule has 0 spiro atoms. The number of Topliss-reactive ketones (excluding diaryl/α,β-unsaturated/α-hetero) is 1. The molecular weight excluding hydrogens is 1220 g/mol. The molecule has 0 radical (unpaired) electrons. The molecular formula is C59H99Br2N7O16. The highest BCUT2D eigenvalue weighted by Crippen LogP contribution is 2.30. The van der Waals surface area contributed by atoms with Gasteiger partial charge in [0.25, 0.3) is 0 Å². The molecule has 0 aromatic heterocycles. The third-order valence-electron chi connectivity index (χ3n) is 15.1. The first kappa shape index (κ1) is 75.9. The zero-order valence-corrected chi connectivity index (χ0v) is 54.9. The van der Waals surface area contributed by atoms with Gasteiger partial charge in [-0.05, 0) is 49.5 Å². The first-order valence-corrected chi connectivity index (χ1v) is 31.5. The van der Waals surface area contributed by atoms with Gasteiger partial charge >= 0.3 is 0 Å². The van der Waals surface area contributed by atoms with E-state index in [-0.39, 0.29) is 143 Å². The van der Waals surface area contributed by atoms with Crippen LogP contribution in [0.1, 0.15) is 106 Å². The number of ketones is 1. The van der Waals surface area contributed by atoms with Crippen molar-refractivity contribution in [3.05, 3.63) is 35.9 Å². The zero-order chi connectivity index (χ0) is 62.9. The number of carbonyl (C=O) groups excluding carboxylic acids is 8. The normalized spacial score (nSPS) is 17.0. The van der Waals surface area contributed by atoms with E-state index < -0.39 is 72.4 Å². The van der Waals surface area contributed by atoms with Crippen LogP contribution in [0.5, 0.6) is 0 Å². The number of nitrogens with zero attached hydrogens (tertiary/aromatic N) is 3. The molecule has 1 aliphatic rings. The summed E-state index contributed by atoms with van der Waals surface area (Å²) in [5.41, 5.74) is 0.680. The van der Waals surface area contributed by atoms with Crippen LogP contribution in [0.4, 0.5) is 0 Å². The van der Waals surface area contributed by atoms with Crippen molar-refractivity contribution in [2.24, 2.45) is 23.7 Å². The van der Waals surface area contributed by atoms with Crippen molar-refractivity contribution in [2.75, 3.05) is 118 Å². The fourth-order valence-corrected chi connectivity index (χ4v) is 10.5. The second-order valence-electron chi connectivity index (χ2n) is 22.0. The van der Waals surface area contributed by atoms with E-state index in [2.05, 4.69) is 53.1 Å². The van der Waals surface area contributed by atoms with Gasteiger partial charge in [-0.1, -0.05) is 117 Å². The van der Waals surface area contributed by atoms with Crippen LogP contribution in [0.3, 0.4) is 0 Å². The Morgan fingerprint density at radius 3 is 1.92 bits per heavy atom. The van der Waals surface area contributed by atoms with Crippen molar-refractivity contribution in [2.45, 2.75) is 149 Å². The Morgan fingerprint density at radius 1 is 0.738 bits per heavy atom. The van der Waals surface area contributed by atoms with Crippen molar-refractivity contribution in [3.63, 3.8) is 0 Å². The summed E-state index contributed by atoms with van der Waals surface area (Å²) in [5, 5.41) is 22.6. The Morgan fingerprint density at radius 2 is 1.36 bits per heavy atom. The molecule has 11 atom stereocenters. The van der Waals surface area contributed by atoms with Crippen LogP contribution in [0.15, 0.2) is 30.3 Å². The van der Waals surface area contributed by atoms with Crippen LogP contribution in [0.2, 0.25) is 0 Å². The number of likely N-dealkylation sites (N-methyl/N-ethyl adjacent to an activating group) is 2. The van der Waals surface area contributed by atoms with Crippen LogP contribution in [-0.4, -0.2) is 234 Å². The minimum Gasteiger partial charge on any atom is -0.386 e. The summed E-state index contributed by atoms with van der Waals surface area (Å²) < 4.78 is 39.9. The maximum absolute atomic E-state index is 14.7. The van der Waals surface area contributed by atoms with Crippen molar-refractivity contribution < 1.29 is 76.6 Å². The fourth-order valence-electron chi connectivity index (χ4n) is 10.1. The van der Waals surface area contributed by atoms with Gasteiger partial charge in [0.15, 0.2) is 0 Å². The number of rotatable bonds is 44. The number of aliphatic hydroxyl groups is 1. The summed E-state index contributed by atoms with van der Waals surface area (Å²) >= 11 is 6.21. The minimum atomic E-state index is -0.986. The van der Waals surface area contributed by atoms with E-state index in [0.717, 1.165) is 0 Å². The maximum Gasteiger partial charge on any atom is 0.249 e. The predicted molar refractivity (Wildman–Crippen MR) is 324 cm³/mol. The predicted octanol–water partition coefficient (Wildman–Crippen LogP) is 3.59. The van der Waals surface area contributed by atoms with Crippen LogP contribution in [0, 0.1) is 23.7 Å². The number of methoxy groups -OCH3 is 2. The molecule has 23 nitrogen and oxygen atoms in total. The van der Waals surface area contributed by atoms with E-state index in [1.54, 1.807) is 42.8 Å². The first-order chi connectivity index (χ1) is 40.0. The summed E-state index contributed by atoms with van der Waals surface area (Å²) in [6.45, 7) is 16.8. The highest BCUT2D eigenvalue weighted by molar-refractivity contribution is 9.09. The standard InChI is InChI=1S/C59H99Br2N7O16/c1-13-40(6)54(47(78-11)32-50(72)68-24-17-20-46(68)56(79-12)41(7)57(75)64-42(8)55(74)43-18-15-14-16-19-43)67(10)59(77)52(38(2)3)65-58(76)53(39(4)5)66(9)51(73)37-83-31-30-82-29-28-81-27-26-80-25-23-62-49(71)36-84-45(22-21-44(69)33-60)35-63-48(70)34-61/h14-16,18-19,38-42,45-47,52-56,74H,13,17,20-37H2,1-12H3,(H,62,71)(H,63,70)(H,64,75)(H,65,76).